The lowest BCUT2D eigenvalue weighted by molar-refractivity contribution is 0.315. The van der Waals surface area contributed by atoms with E-state index in [1.807, 2.05) is 0 Å². The maximum atomic E-state index is 12.6. The summed E-state index contributed by atoms with van der Waals surface area (Å²) in [5.74, 6) is 0. The Balaban J connectivity index is 1.97. The van der Waals surface area contributed by atoms with Gasteiger partial charge in [-0.05, 0) is 41.0 Å². The molecular formula is C14H12ClN3O3S. The van der Waals surface area contributed by atoms with E-state index in [4.69, 9.17) is 11.6 Å². The lowest BCUT2D eigenvalue weighted by Gasteiger charge is -2.15. The number of sulfonamides is 1. The van der Waals surface area contributed by atoms with Crippen LogP contribution in [0.1, 0.15) is 18.5 Å². The Morgan fingerprint density at radius 2 is 1.91 bits per heavy atom. The Kier molecular flexibility index (Phi) is 3.86. The van der Waals surface area contributed by atoms with Crippen molar-refractivity contribution in [1.29, 1.82) is 0 Å². The molecule has 2 aromatic carbocycles. The molecule has 0 saturated heterocycles. The Hall–Kier alpha value is -1.96. The normalized spacial score (nSPS) is 13.4. The van der Waals surface area contributed by atoms with Crippen LogP contribution < -0.4 is 4.72 Å². The van der Waals surface area contributed by atoms with Gasteiger partial charge in [0.15, 0.2) is 5.52 Å². The number of halogens is 1. The summed E-state index contributed by atoms with van der Waals surface area (Å²) in [4.78, 5) is 0.0187. The molecule has 1 N–H and O–H groups in total. The molecule has 22 heavy (non-hydrogen) atoms. The van der Waals surface area contributed by atoms with Gasteiger partial charge < -0.3 is 0 Å². The summed E-state index contributed by atoms with van der Waals surface area (Å²) in [6.45, 7) is 1.72. The molecule has 0 unspecified atom stereocenters. The number of hydrogen-bond acceptors (Lipinski definition) is 5. The maximum absolute atomic E-state index is 12.6. The first-order valence-corrected chi connectivity index (χ1v) is 8.33. The maximum Gasteiger partial charge on any atom is 0.243 e. The van der Waals surface area contributed by atoms with Crippen LogP contribution in [-0.2, 0) is 10.0 Å². The fourth-order valence-electron chi connectivity index (χ4n) is 2.18. The van der Waals surface area contributed by atoms with Crippen molar-refractivity contribution in [3.05, 3.63) is 53.1 Å². The number of nitrogens with one attached hydrogen (secondary N) is 1. The zero-order valence-corrected chi connectivity index (χ0v) is 13.1. The smallest absolute Gasteiger partial charge is 0.243 e. The van der Waals surface area contributed by atoms with Crippen LogP contribution in [0.3, 0.4) is 0 Å². The molecule has 1 aromatic heterocycles. The first-order chi connectivity index (χ1) is 10.5. The molecule has 0 spiro atoms. The van der Waals surface area contributed by atoms with Crippen LogP contribution >= 0.6 is 11.6 Å². The molecule has 0 fully saturated rings. The van der Waals surface area contributed by atoms with E-state index in [1.54, 1.807) is 43.3 Å². The van der Waals surface area contributed by atoms with E-state index in [0.29, 0.717) is 16.1 Å². The fourth-order valence-corrected chi connectivity index (χ4v) is 3.86. The van der Waals surface area contributed by atoms with Crippen molar-refractivity contribution in [2.24, 2.45) is 0 Å². The highest BCUT2D eigenvalue weighted by Gasteiger charge is 2.23. The van der Waals surface area contributed by atoms with Crippen LogP contribution in [0.5, 0.6) is 0 Å². The second kappa shape index (κ2) is 5.68. The number of fused-ring (bicyclic) bond motifs is 1. The van der Waals surface area contributed by atoms with Crippen LogP contribution in [0.4, 0.5) is 0 Å². The lowest BCUT2D eigenvalue weighted by Crippen LogP contribution is -2.27. The summed E-state index contributed by atoms with van der Waals surface area (Å²) in [7, 11) is -3.79. The van der Waals surface area contributed by atoms with E-state index in [0.717, 1.165) is 0 Å². The zero-order valence-electron chi connectivity index (χ0n) is 11.5. The van der Waals surface area contributed by atoms with Gasteiger partial charge in [-0.25, -0.2) is 17.8 Å². The van der Waals surface area contributed by atoms with E-state index in [1.165, 1.54) is 6.07 Å². The van der Waals surface area contributed by atoms with Crippen molar-refractivity contribution in [3.63, 3.8) is 0 Å². The molecule has 0 amide bonds. The first-order valence-electron chi connectivity index (χ1n) is 6.47. The highest BCUT2D eigenvalue weighted by Crippen LogP contribution is 2.25. The van der Waals surface area contributed by atoms with Crippen LogP contribution in [0, 0.1) is 0 Å². The molecule has 8 heteroatoms. The fraction of sp³-hybridized carbons (Fsp3) is 0.143. The highest BCUT2D eigenvalue weighted by atomic mass is 35.5. The van der Waals surface area contributed by atoms with Gasteiger partial charge in [-0.3, -0.25) is 0 Å². The second-order valence-electron chi connectivity index (χ2n) is 4.75. The van der Waals surface area contributed by atoms with E-state index in [-0.39, 0.29) is 10.4 Å². The number of benzene rings is 2. The minimum absolute atomic E-state index is 0.0187. The average molecular weight is 338 g/mol. The molecule has 114 valence electrons. The zero-order chi connectivity index (χ0) is 15.7. The summed E-state index contributed by atoms with van der Waals surface area (Å²) in [5.41, 5.74) is 1.27. The first kappa shape index (κ1) is 15.0. The predicted molar refractivity (Wildman–Crippen MR) is 82.0 cm³/mol. The van der Waals surface area contributed by atoms with Crippen molar-refractivity contribution in [1.82, 2.24) is 15.0 Å². The number of rotatable bonds is 4. The lowest BCUT2D eigenvalue weighted by atomic mass is 10.1. The molecule has 0 aliphatic rings. The van der Waals surface area contributed by atoms with Crippen LogP contribution in [0.15, 0.2) is 52.0 Å². The molecule has 1 heterocycles. The van der Waals surface area contributed by atoms with Gasteiger partial charge in [0.2, 0.25) is 10.0 Å². The van der Waals surface area contributed by atoms with Crippen molar-refractivity contribution in [2.75, 3.05) is 0 Å². The standard InChI is InChI=1S/C14H12ClN3O3S/c1-9(10-5-2-3-6-11(10)15)18-22(19,20)13-8-4-7-12-14(13)17-21-16-12/h2-9,18H,1H3/t9-/m0/s1. The minimum atomic E-state index is -3.79. The molecule has 3 aromatic rings. The summed E-state index contributed by atoms with van der Waals surface area (Å²) >= 11 is 6.10. The molecular weight excluding hydrogens is 326 g/mol. The Labute approximate surface area is 132 Å². The van der Waals surface area contributed by atoms with Crippen molar-refractivity contribution in [3.8, 4) is 0 Å². The van der Waals surface area contributed by atoms with Gasteiger partial charge in [0.1, 0.15) is 10.4 Å². The van der Waals surface area contributed by atoms with Crippen molar-refractivity contribution < 1.29 is 13.0 Å². The second-order valence-corrected chi connectivity index (χ2v) is 6.84. The molecule has 0 aliphatic carbocycles. The third-order valence-electron chi connectivity index (χ3n) is 3.24. The average Bonchev–Trinajstić information content (AvgIpc) is 2.95. The molecule has 1 atom stereocenters. The Morgan fingerprint density at radius 3 is 2.68 bits per heavy atom. The molecule has 0 bridgehead atoms. The summed E-state index contributed by atoms with van der Waals surface area (Å²) < 4.78 is 32.3. The van der Waals surface area contributed by atoms with Crippen molar-refractivity contribution in [2.45, 2.75) is 17.9 Å². The minimum Gasteiger partial charge on any atom is -0.243 e. The summed E-state index contributed by atoms with van der Waals surface area (Å²) in [5, 5.41) is 7.80. The van der Waals surface area contributed by atoms with E-state index in [2.05, 4.69) is 19.7 Å². The number of hydrogen-bond donors (Lipinski definition) is 1. The largest absolute Gasteiger partial charge is 0.243 e. The third kappa shape index (κ3) is 2.70. The third-order valence-corrected chi connectivity index (χ3v) is 5.16. The van der Waals surface area contributed by atoms with Crippen molar-refractivity contribution >= 4 is 32.7 Å². The predicted octanol–water partition coefficient (Wildman–Crippen LogP) is 2.92. The Bertz CT molecular complexity index is 924. The van der Waals surface area contributed by atoms with E-state index in [9.17, 15) is 8.42 Å². The highest BCUT2D eigenvalue weighted by molar-refractivity contribution is 7.89. The van der Waals surface area contributed by atoms with Gasteiger partial charge in [-0.1, -0.05) is 35.9 Å². The quantitative estimate of drug-likeness (QED) is 0.791. The van der Waals surface area contributed by atoms with Gasteiger partial charge in [-0.2, -0.15) is 0 Å². The number of aromatic nitrogens is 2. The molecule has 0 aliphatic heterocycles. The van der Waals surface area contributed by atoms with Gasteiger partial charge >= 0.3 is 0 Å². The van der Waals surface area contributed by atoms with E-state index >= 15 is 0 Å². The topological polar surface area (TPSA) is 85.1 Å². The van der Waals surface area contributed by atoms with Crippen LogP contribution in [0.25, 0.3) is 11.0 Å². The van der Waals surface area contributed by atoms with Crippen LogP contribution in [0.2, 0.25) is 5.02 Å². The molecule has 6 nitrogen and oxygen atoms in total. The Morgan fingerprint density at radius 1 is 1.14 bits per heavy atom. The molecule has 0 saturated carbocycles. The number of nitrogens with zero attached hydrogens (tertiary/aromatic N) is 2. The van der Waals surface area contributed by atoms with Gasteiger partial charge in [-0.15, -0.1) is 0 Å². The molecule has 3 rings (SSSR count). The van der Waals surface area contributed by atoms with Gasteiger partial charge in [0.05, 0.1) is 0 Å². The van der Waals surface area contributed by atoms with Crippen LogP contribution in [-0.4, -0.2) is 18.7 Å². The SMILES string of the molecule is C[C@H](NS(=O)(=O)c1cccc2nonc12)c1ccccc1Cl. The summed E-state index contributed by atoms with van der Waals surface area (Å²) in [6, 6.07) is 11.2. The molecule has 0 radical (unpaired) electrons. The monoisotopic (exact) mass is 337 g/mol. The van der Waals surface area contributed by atoms with Gasteiger partial charge in [0.25, 0.3) is 0 Å². The van der Waals surface area contributed by atoms with Gasteiger partial charge in [0, 0.05) is 11.1 Å². The summed E-state index contributed by atoms with van der Waals surface area (Å²) in [6.07, 6.45) is 0. The van der Waals surface area contributed by atoms with E-state index < -0.39 is 16.1 Å².